The molecule has 1 aliphatic carbocycles. The Labute approximate surface area is 104 Å². The van der Waals surface area contributed by atoms with E-state index in [1.807, 2.05) is 31.9 Å². The van der Waals surface area contributed by atoms with Crippen molar-refractivity contribution in [3.05, 3.63) is 11.6 Å². The Morgan fingerprint density at radius 2 is 1.81 bits per heavy atom. The second-order valence-corrected chi connectivity index (χ2v) is 4.46. The van der Waals surface area contributed by atoms with Crippen molar-refractivity contribution in [3.63, 3.8) is 0 Å². The van der Waals surface area contributed by atoms with Crippen LogP contribution in [0.25, 0.3) is 0 Å². The van der Waals surface area contributed by atoms with Crippen molar-refractivity contribution in [1.82, 2.24) is 4.90 Å². The molecule has 16 heavy (non-hydrogen) atoms. The van der Waals surface area contributed by atoms with E-state index in [2.05, 4.69) is 0 Å². The smallest absolute Gasteiger partial charge is 0.249 e. The molecule has 0 unspecified atom stereocenters. The first-order valence-electron chi connectivity index (χ1n) is 5.72. The molecule has 94 valence electrons. The molecule has 1 saturated carbocycles. The number of carbonyl (C=O) groups is 1. The van der Waals surface area contributed by atoms with Crippen LogP contribution in [0.5, 0.6) is 0 Å². The summed E-state index contributed by atoms with van der Waals surface area (Å²) in [6.45, 7) is 3.77. The van der Waals surface area contributed by atoms with Crippen LogP contribution in [0.15, 0.2) is 11.6 Å². The summed E-state index contributed by atoms with van der Waals surface area (Å²) in [6.07, 6.45) is 6.03. The summed E-state index contributed by atoms with van der Waals surface area (Å²) in [5, 5.41) is 0. The molecule has 1 rings (SSSR count). The molecule has 0 atom stereocenters. The quantitative estimate of drug-likeness (QED) is 0.759. The minimum Gasteiger partial charge on any atom is -0.339 e. The molecule has 0 spiro atoms. The number of allylic oxidation sites excluding steroid dienone is 1. The predicted octanol–water partition coefficient (Wildman–Crippen LogP) is 2.10. The molecule has 0 aromatic rings. The van der Waals surface area contributed by atoms with Crippen molar-refractivity contribution in [2.24, 2.45) is 5.73 Å². The highest BCUT2D eigenvalue weighted by Crippen LogP contribution is 2.22. The van der Waals surface area contributed by atoms with E-state index in [0.29, 0.717) is 12.1 Å². The van der Waals surface area contributed by atoms with Gasteiger partial charge in [-0.3, -0.25) is 4.79 Å². The third kappa shape index (κ3) is 3.80. The molecule has 0 heterocycles. The fourth-order valence-corrected chi connectivity index (χ4v) is 2.06. The molecule has 0 bridgehead atoms. The van der Waals surface area contributed by atoms with Crippen LogP contribution in [0.4, 0.5) is 0 Å². The molecular formula is C12H23ClN2O. The van der Waals surface area contributed by atoms with Gasteiger partial charge in [-0.1, -0.05) is 6.08 Å². The monoisotopic (exact) mass is 246 g/mol. The van der Waals surface area contributed by atoms with Gasteiger partial charge in [0.05, 0.1) is 0 Å². The molecule has 1 amide bonds. The first kappa shape index (κ1) is 15.5. The highest BCUT2D eigenvalue weighted by molar-refractivity contribution is 5.92. The zero-order valence-corrected chi connectivity index (χ0v) is 11.2. The van der Waals surface area contributed by atoms with Crippen molar-refractivity contribution < 1.29 is 4.79 Å². The van der Waals surface area contributed by atoms with E-state index in [1.54, 1.807) is 0 Å². The van der Waals surface area contributed by atoms with Crippen molar-refractivity contribution >= 4 is 18.3 Å². The molecule has 0 saturated heterocycles. The maximum atomic E-state index is 11.9. The van der Waals surface area contributed by atoms with Crippen LogP contribution in [0.3, 0.4) is 0 Å². The molecule has 0 aromatic carbocycles. The van der Waals surface area contributed by atoms with Gasteiger partial charge in [0.15, 0.2) is 0 Å². The van der Waals surface area contributed by atoms with Crippen LogP contribution < -0.4 is 5.73 Å². The number of halogens is 1. The fraction of sp³-hybridized carbons (Fsp3) is 0.750. The summed E-state index contributed by atoms with van der Waals surface area (Å²) < 4.78 is 0. The van der Waals surface area contributed by atoms with Gasteiger partial charge in [-0.2, -0.15) is 0 Å². The number of amides is 1. The Morgan fingerprint density at radius 3 is 2.25 bits per heavy atom. The summed E-state index contributed by atoms with van der Waals surface area (Å²) in [5.74, 6) is 0.151. The lowest BCUT2D eigenvalue weighted by Crippen LogP contribution is -2.42. The van der Waals surface area contributed by atoms with Crippen LogP contribution in [0, 0.1) is 0 Å². The van der Waals surface area contributed by atoms with E-state index in [1.165, 1.54) is 0 Å². The Balaban J connectivity index is 0.00000225. The standard InChI is InChI=1S/C12H22N2O.ClH/c1-4-9(2)12(15)14(3)11-7-5-10(13)6-8-11;/h4,10-11H,5-8,13H2,1-3H3;1H/b9-4+;. The van der Waals surface area contributed by atoms with Gasteiger partial charge < -0.3 is 10.6 Å². The van der Waals surface area contributed by atoms with E-state index in [4.69, 9.17) is 5.73 Å². The number of hydrogen-bond donors (Lipinski definition) is 1. The van der Waals surface area contributed by atoms with Crippen LogP contribution >= 0.6 is 12.4 Å². The maximum Gasteiger partial charge on any atom is 0.249 e. The zero-order valence-electron chi connectivity index (χ0n) is 10.4. The van der Waals surface area contributed by atoms with Gasteiger partial charge in [0.25, 0.3) is 0 Å². The first-order chi connectivity index (χ1) is 7.06. The normalized spacial score (nSPS) is 25.9. The first-order valence-corrected chi connectivity index (χ1v) is 5.72. The fourth-order valence-electron chi connectivity index (χ4n) is 2.06. The summed E-state index contributed by atoms with van der Waals surface area (Å²) in [6, 6.07) is 0.722. The highest BCUT2D eigenvalue weighted by Gasteiger charge is 2.25. The average molecular weight is 247 g/mol. The number of carbonyl (C=O) groups excluding carboxylic acids is 1. The predicted molar refractivity (Wildman–Crippen MR) is 69.7 cm³/mol. The van der Waals surface area contributed by atoms with Crippen LogP contribution in [0.1, 0.15) is 39.5 Å². The summed E-state index contributed by atoms with van der Waals surface area (Å²) in [5.41, 5.74) is 6.67. The van der Waals surface area contributed by atoms with Gasteiger partial charge in [-0.05, 0) is 39.5 Å². The Hall–Kier alpha value is -0.540. The van der Waals surface area contributed by atoms with Gasteiger partial charge in [0, 0.05) is 24.7 Å². The van der Waals surface area contributed by atoms with E-state index < -0.39 is 0 Å². The SMILES string of the molecule is C/C=C(\C)C(=O)N(C)C1CCC(N)CC1.Cl. The second-order valence-electron chi connectivity index (χ2n) is 4.46. The lowest BCUT2D eigenvalue weighted by molar-refractivity contribution is -0.128. The highest BCUT2D eigenvalue weighted by atomic mass is 35.5. The Bertz CT molecular complexity index is 258. The minimum absolute atomic E-state index is 0. The molecule has 0 radical (unpaired) electrons. The molecule has 1 fully saturated rings. The number of nitrogens with two attached hydrogens (primary N) is 1. The Morgan fingerprint density at radius 1 is 1.31 bits per heavy atom. The molecular weight excluding hydrogens is 224 g/mol. The van der Waals surface area contributed by atoms with Crippen LogP contribution in [-0.2, 0) is 4.79 Å². The van der Waals surface area contributed by atoms with Crippen molar-refractivity contribution in [3.8, 4) is 0 Å². The van der Waals surface area contributed by atoms with Gasteiger partial charge in [0.1, 0.15) is 0 Å². The van der Waals surface area contributed by atoms with Crippen LogP contribution in [-0.4, -0.2) is 29.9 Å². The molecule has 2 N–H and O–H groups in total. The van der Waals surface area contributed by atoms with Crippen molar-refractivity contribution in [1.29, 1.82) is 0 Å². The van der Waals surface area contributed by atoms with E-state index in [-0.39, 0.29) is 18.3 Å². The number of nitrogens with zero attached hydrogens (tertiary/aromatic N) is 1. The Kier molecular flexibility index (Phi) is 6.68. The molecule has 1 aliphatic rings. The lowest BCUT2D eigenvalue weighted by Gasteiger charge is -2.33. The summed E-state index contributed by atoms with van der Waals surface area (Å²) >= 11 is 0. The van der Waals surface area contributed by atoms with Crippen LogP contribution in [0.2, 0.25) is 0 Å². The van der Waals surface area contributed by atoms with Gasteiger partial charge in [-0.15, -0.1) is 12.4 Å². The van der Waals surface area contributed by atoms with E-state index in [0.717, 1.165) is 31.3 Å². The molecule has 0 aliphatic heterocycles. The average Bonchev–Trinajstić information content (AvgIpc) is 2.27. The van der Waals surface area contributed by atoms with Gasteiger partial charge >= 0.3 is 0 Å². The van der Waals surface area contributed by atoms with E-state index >= 15 is 0 Å². The van der Waals surface area contributed by atoms with Gasteiger partial charge in [0.2, 0.25) is 5.91 Å². The molecule has 0 aromatic heterocycles. The summed E-state index contributed by atoms with van der Waals surface area (Å²) in [4.78, 5) is 13.8. The minimum atomic E-state index is 0. The number of rotatable bonds is 2. The molecule has 3 nitrogen and oxygen atoms in total. The largest absolute Gasteiger partial charge is 0.339 e. The van der Waals surface area contributed by atoms with Gasteiger partial charge in [-0.25, -0.2) is 0 Å². The topological polar surface area (TPSA) is 46.3 Å². The second kappa shape index (κ2) is 6.92. The zero-order chi connectivity index (χ0) is 11.4. The third-order valence-electron chi connectivity index (χ3n) is 3.38. The van der Waals surface area contributed by atoms with E-state index in [9.17, 15) is 4.79 Å². The number of likely N-dealkylation sites (N-methyl/N-ethyl adjacent to an activating group) is 1. The summed E-state index contributed by atoms with van der Waals surface area (Å²) in [7, 11) is 1.90. The molecule has 4 heteroatoms. The van der Waals surface area contributed by atoms with Crippen molar-refractivity contribution in [2.45, 2.75) is 51.6 Å². The van der Waals surface area contributed by atoms with Crippen molar-refractivity contribution in [2.75, 3.05) is 7.05 Å². The lowest BCUT2D eigenvalue weighted by atomic mass is 9.91. The number of hydrogen-bond acceptors (Lipinski definition) is 2. The third-order valence-corrected chi connectivity index (χ3v) is 3.38. The maximum absolute atomic E-state index is 11.9.